The van der Waals surface area contributed by atoms with Crippen molar-refractivity contribution >= 4 is 0 Å². The fraction of sp³-hybridized carbons (Fsp3) is 0.667. The highest BCUT2D eigenvalue weighted by Crippen LogP contribution is 2.20. The summed E-state index contributed by atoms with van der Waals surface area (Å²) in [5.74, 6) is 0. The number of rotatable bonds is 2. The van der Waals surface area contributed by atoms with Crippen LogP contribution < -0.4 is 0 Å². The first-order valence-corrected chi connectivity index (χ1v) is 2.82. The minimum Gasteiger partial charge on any atom is -0.393 e. The van der Waals surface area contributed by atoms with Crippen LogP contribution in [0.5, 0.6) is 0 Å². The molecule has 2 N–H and O–H groups in total. The molecule has 0 heterocycles. The van der Waals surface area contributed by atoms with E-state index in [1.54, 1.807) is 0 Å². The molecule has 46 valence electrons. The van der Waals surface area contributed by atoms with Gasteiger partial charge < -0.3 is 10.2 Å². The summed E-state index contributed by atoms with van der Waals surface area (Å²) in [6, 6.07) is 0. The predicted molar refractivity (Wildman–Crippen MR) is 30.4 cm³/mol. The lowest BCUT2D eigenvalue weighted by atomic mass is 9.94. The van der Waals surface area contributed by atoms with Crippen LogP contribution in [0.25, 0.3) is 0 Å². The topological polar surface area (TPSA) is 40.5 Å². The summed E-state index contributed by atoms with van der Waals surface area (Å²) in [5, 5.41) is 17.2. The molecule has 0 aliphatic heterocycles. The van der Waals surface area contributed by atoms with Crippen LogP contribution in [0.15, 0.2) is 11.6 Å². The Labute approximate surface area is 48.5 Å². The normalized spacial score (nSPS) is 21.5. The molecule has 1 atom stereocenters. The molecule has 0 bridgehead atoms. The molecule has 8 heavy (non-hydrogen) atoms. The van der Waals surface area contributed by atoms with Crippen molar-refractivity contribution in [3.05, 3.63) is 11.6 Å². The van der Waals surface area contributed by atoms with Gasteiger partial charge in [-0.25, -0.2) is 0 Å². The molecule has 0 saturated carbocycles. The first-order valence-electron chi connectivity index (χ1n) is 2.82. The fourth-order valence-corrected chi connectivity index (χ4v) is 0.731. The molecule has 0 aromatic rings. The van der Waals surface area contributed by atoms with Gasteiger partial charge in [0.2, 0.25) is 0 Å². The summed E-state index contributed by atoms with van der Waals surface area (Å²) in [7, 11) is 0. The van der Waals surface area contributed by atoms with Crippen LogP contribution in [0.2, 0.25) is 0 Å². The maximum absolute atomic E-state index is 8.86. The second-order valence-electron chi connectivity index (χ2n) is 2.02. The molecular formula is C6H10O2. The lowest BCUT2D eigenvalue weighted by Gasteiger charge is -2.17. The van der Waals surface area contributed by atoms with Crippen LogP contribution in [-0.4, -0.2) is 22.9 Å². The van der Waals surface area contributed by atoms with Crippen LogP contribution in [0.1, 0.15) is 12.8 Å². The van der Waals surface area contributed by atoms with E-state index >= 15 is 0 Å². The van der Waals surface area contributed by atoms with E-state index in [1.807, 2.05) is 6.08 Å². The quantitative estimate of drug-likeness (QED) is 0.498. The SMILES string of the molecule is OCC(O)C1=CCC1. The number of aliphatic hydroxyl groups excluding tert-OH is 2. The summed E-state index contributed by atoms with van der Waals surface area (Å²) in [4.78, 5) is 0. The Kier molecular flexibility index (Phi) is 1.65. The van der Waals surface area contributed by atoms with Gasteiger partial charge in [0.1, 0.15) is 0 Å². The van der Waals surface area contributed by atoms with Crippen molar-refractivity contribution in [2.45, 2.75) is 18.9 Å². The lowest BCUT2D eigenvalue weighted by molar-refractivity contribution is 0.116. The van der Waals surface area contributed by atoms with E-state index < -0.39 is 6.10 Å². The summed E-state index contributed by atoms with van der Waals surface area (Å²) < 4.78 is 0. The second-order valence-corrected chi connectivity index (χ2v) is 2.02. The van der Waals surface area contributed by atoms with Crippen molar-refractivity contribution < 1.29 is 10.2 Å². The van der Waals surface area contributed by atoms with Gasteiger partial charge in [-0.2, -0.15) is 0 Å². The minimum absolute atomic E-state index is 0.133. The van der Waals surface area contributed by atoms with Crippen LogP contribution in [0.4, 0.5) is 0 Å². The van der Waals surface area contributed by atoms with Gasteiger partial charge in [-0.15, -0.1) is 0 Å². The molecule has 2 heteroatoms. The molecule has 1 aliphatic rings. The molecule has 0 aromatic carbocycles. The van der Waals surface area contributed by atoms with E-state index in [4.69, 9.17) is 10.2 Å². The molecule has 0 fully saturated rings. The summed E-state index contributed by atoms with van der Waals surface area (Å²) in [6.07, 6.45) is 3.40. The highest BCUT2D eigenvalue weighted by Gasteiger charge is 2.13. The van der Waals surface area contributed by atoms with Crippen molar-refractivity contribution in [2.24, 2.45) is 0 Å². The third-order valence-corrected chi connectivity index (χ3v) is 1.44. The number of aliphatic hydroxyl groups is 2. The van der Waals surface area contributed by atoms with Gasteiger partial charge in [0.25, 0.3) is 0 Å². The van der Waals surface area contributed by atoms with Crippen molar-refractivity contribution in [3.63, 3.8) is 0 Å². The lowest BCUT2D eigenvalue weighted by Crippen LogP contribution is -2.18. The Morgan fingerprint density at radius 3 is 2.50 bits per heavy atom. The van der Waals surface area contributed by atoms with Gasteiger partial charge in [0.05, 0.1) is 12.7 Å². The van der Waals surface area contributed by atoms with E-state index in [1.165, 1.54) is 0 Å². The van der Waals surface area contributed by atoms with Gasteiger partial charge in [0, 0.05) is 0 Å². The van der Waals surface area contributed by atoms with Crippen molar-refractivity contribution in [2.75, 3.05) is 6.61 Å². The molecule has 1 rings (SSSR count). The van der Waals surface area contributed by atoms with Gasteiger partial charge in [0.15, 0.2) is 0 Å². The van der Waals surface area contributed by atoms with E-state index in [2.05, 4.69) is 0 Å². The largest absolute Gasteiger partial charge is 0.393 e. The fourth-order valence-electron chi connectivity index (χ4n) is 0.731. The maximum atomic E-state index is 8.86. The van der Waals surface area contributed by atoms with Gasteiger partial charge in [-0.05, 0) is 18.4 Å². The third-order valence-electron chi connectivity index (χ3n) is 1.44. The average molecular weight is 114 g/mol. The predicted octanol–water partition coefficient (Wildman–Crippen LogP) is 0.0598. The highest BCUT2D eigenvalue weighted by molar-refractivity contribution is 5.16. The summed E-state index contributed by atoms with van der Waals surface area (Å²) in [6.45, 7) is -0.133. The van der Waals surface area contributed by atoms with E-state index in [9.17, 15) is 0 Å². The molecule has 2 nitrogen and oxygen atoms in total. The Morgan fingerprint density at radius 2 is 2.38 bits per heavy atom. The van der Waals surface area contributed by atoms with Crippen molar-refractivity contribution in [1.82, 2.24) is 0 Å². The van der Waals surface area contributed by atoms with Gasteiger partial charge >= 0.3 is 0 Å². The van der Waals surface area contributed by atoms with Crippen LogP contribution in [0, 0.1) is 0 Å². The number of allylic oxidation sites excluding steroid dienone is 1. The number of hydrogen-bond donors (Lipinski definition) is 2. The minimum atomic E-state index is -0.580. The third kappa shape index (κ3) is 0.904. The zero-order valence-electron chi connectivity index (χ0n) is 4.67. The average Bonchev–Trinajstić information content (AvgIpc) is 1.62. The summed E-state index contributed by atoms with van der Waals surface area (Å²) >= 11 is 0. The maximum Gasteiger partial charge on any atom is 0.0980 e. The van der Waals surface area contributed by atoms with E-state index in [0.29, 0.717) is 0 Å². The van der Waals surface area contributed by atoms with Crippen molar-refractivity contribution in [1.29, 1.82) is 0 Å². The Morgan fingerprint density at radius 1 is 1.75 bits per heavy atom. The molecule has 0 spiro atoms. The molecule has 1 aliphatic carbocycles. The monoisotopic (exact) mass is 114 g/mol. The molecular weight excluding hydrogens is 104 g/mol. The molecule has 0 saturated heterocycles. The zero-order chi connectivity index (χ0) is 5.98. The standard InChI is InChI=1S/C6H10O2/c7-4-6(8)5-2-1-3-5/h2,6-8H,1,3-4H2. The highest BCUT2D eigenvalue weighted by atomic mass is 16.3. The second kappa shape index (κ2) is 2.29. The van der Waals surface area contributed by atoms with Crippen molar-refractivity contribution in [3.8, 4) is 0 Å². The smallest absolute Gasteiger partial charge is 0.0980 e. The Bertz CT molecular complexity index is 107. The number of hydrogen-bond acceptors (Lipinski definition) is 2. The Balaban J connectivity index is 2.34. The zero-order valence-corrected chi connectivity index (χ0v) is 4.67. The first kappa shape index (κ1) is 5.79. The van der Waals surface area contributed by atoms with Crippen LogP contribution in [-0.2, 0) is 0 Å². The van der Waals surface area contributed by atoms with E-state index in [0.717, 1.165) is 18.4 Å². The molecule has 1 unspecified atom stereocenters. The van der Waals surface area contributed by atoms with Crippen LogP contribution >= 0.6 is 0 Å². The molecule has 0 amide bonds. The summed E-state index contributed by atoms with van der Waals surface area (Å²) in [5.41, 5.74) is 0.993. The van der Waals surface area contributed by atoms with Gasteiger partial charge in [-0.1, -0.05) is 6.08 Å². The molecule has 0 radical (unpaired) electrons. The van der Waals surface area contributed by atoms with Crippen LogP contribution in [0.3, 0.4) is 0 Å². The molecule has 0 aromatic heterocycles. The van der Waals surface area contributed by atoms with E-state index in [-0.39, 0.29) is 6.61 Å². The Hall–Kier alpha value is -0.340. The van der Waals surface area contributed by atoms with Gasteiger partial charge in [-0.3, -0.25) is 0 Å². The first-order chi connectivity index (χ1) is 3.84.